The van der Waals surface area contributed by atoms with E-state index in [4.69, 9.17) is 4.74 Å². The van der Waals surface area contributed by atoms with Crippen molar-refractivity contribution in [1.82, 2.24) is 10.3 Å². The number of aliphatic hydroxyl groups excluding tert-OH is 1. The smallest absolute Gasteiger partial charge is 0.138 e. The molecule has 4 heteroatoms. The van der Waals surface area contributed by atoms with Crippen LogP contribution >= 0.6 is 0 Å². The average Bonchev–Trinajstić information content (AvgIpc) is 2.75. The summed E-state index contributed by atoms with van der Waals surface area (Å²) in [6.45, 7) is 1.26. The highest BCUT2D eigenvalue weighted by molar-refractivity contribution is 5.79. The number of aliphatic hydroxyl groups is 1. The quantitative estimate of drug-likeness (QED) is 0.806. The van der Waals surface area contributed by atoms with E-state index < -0.39 is 6.10 Å². The molecule has 2 unspecified atom stereocenters. The number of nitrogens with one attached hydrogen (secondary N) is 1. The summed E-state index contributed by atoms with van der Waals surface area (Å²) in [5.41, 5.74) is 0.949. The molecule has 1 aliphatic rings. The standard InChI is InChI=1S/C13H14N2O2/c16-12-7-14-8-13(12)17-10-5-9-3-1-2-4-11(9)15-6-10/h1-6,12-14,16H,7-8H2. The SMILES string of the molecule is OC1CNCC1Oc1cnc2ccccc2c1. The topological polar surface area (TPSA) is 54.4 Å². The third-order valence-electron chi connectivity index (χ3n) is 2.98. The number of β-amino-alcohol motifs (C(OH)–C–C–N with tert-alkyl or cyclic N) is 1. The van der Waals surface area contributed by atoms with Crippen LogP contribution in [0.15, 0.2) is 36.5 Å². The van der Waals surface area contributed by atoms with E-state index in [2.05, 4.69) is 10.3 Å². The Morgan fingerprint density at radius 1 is 1.29 bits per heavy atom. The van der Waals surface area contributed by atoms with Crippen molar-refractivity contribution in [2.45, 2.75) is 12.2 Å². The number of para-hydroxylation sites is 1. The van der Waals surface area contributed by atoms with E-state index in [-0.39, 0.29) is 6.10 Å². The Kier molecular flexibility index (Phi) is 2.66. The minimum absolute atomic E-state index is 0.182. The van der Waals surface area contributed by atoms with Crippen molar-refractivity contribution in [3.05, 3.63) is 36.5 Å². The van der Waals surface area contributed by atoms with Gasteiger partial charge in [-0.2, -0.15) is 0 Å². The summed E-state index contributed by atoms with van der Waals surface area (Å²) >= 11 is 0. The molecule has 2 N–H and O–H groups in total. The molecule has 4 nitrogen and oxygen atoms in total. The van der Waals surface area contributed by atoms with Gasteiger partial charge in [0.15, 0.2) is 0 Å². The zero-order chi connectivity index (χ0) is 11.7. The highest BCUT2D eigenvalue weighted by atomic mass is 16.5. The van der Waals surface area contributed by atoms with Gasteiger partial charge in [-0.1, -0.05) is 18.2 Å². The van der Waals surface area contributed by atoms with E-state index in [0.29, 0.717) is 18.8 Å². The van der Waals surface area contributed by atoms with Crippen molar-refractivity contribution in [3.63, 3.8) is 0 Å². The first-order chi connectivity index (χ1) is 8.33. The molecule has 1 aliphatic heterocycles. The molecule has 1 aromatic heterocycles. The van der Waals surface area contributed by atoms with Crippen LogP contribution in [0.4, 0.5) is 0 Å². The van der Waals surface area contributed by atoms with Gasteiger partial charge in [0.05, 0.1) is 11.7 Å². The molecule has 1 fully saturated rings. The molecule has 1 saturated heterocycles. The molecular weight excluding hydrogens is 216 g/mol. The van der Waals surface area contributed by atoms with Crippen LogP contribution in [-0.2, 0) is 0 Å². The fraction of sp³-hybridized carbons (Fsp3) is 0.308. The molecule has 3 rings (SSSR count). The lowest BCUT2D eigenvalue weighted by molar-refractivity contribution is 0.0736. The van der Waals surface area contributed by atoms with Gasteiger partial charge < -0.3 is 15.2 Å². The zero-order valence-corrected chi connectivity index (χ0v) is 9.34. The Morgan fingerprint density at radius 2 is 2.18 bits per heavy atom. The molecule has 0 radical (unpaired) electrons. The lowest BCUT2D eigenvalue weighted by Gasteiger charge is -2.16. The highest BCUT2D eigenvalue weighted by Gasteiger charge is 2.26. The number of ether oxygens (including phenoxy) is 1. The van der Waals surface area contributed by atoms with E-state index in [0.717, 1.165) is 10.9 Å². The molecule has 0 aliphatic carbocycles. The lowest BCUT2D eigenvalue weighted by Crippen LogP contribution is -2.29. The molecule has 1 aromatic carbocycles. The van der Waals surface area contributed by atoms with Crippen molar-refractivity contribution in [2.24, 2.45) is 0 Å². The van der Waals surface area contributed by atoms with Crippen molar-refractivity contribution >= 4 is 10.9 Å². The van der Waals surface area contributed by atoms with Crippen LogP contribution in [0.1, 0.15) is 0 Å². The molecule has 2 atom stereocenters. The summed E-state index contributed by atoms with van der Waals surface area (Å²) in [4.78, 5) is 4.32. The van der Waals surface area contributed by atoms with Crippen LogP contribution < -0.4 is 10.1 Å². The van der Waals surface area contributed by atoms with E-state index in [1.165, 1.54) is 0 Å². The summed E-state index contributed by atoms with van der Waals surface area (Å²) in [6, 6.07) is 9.84. The minimum Gasteiger partial charge on any atom is -0.485 e. The van der Waals surface area contributed by atoms with Crippen LogP contribution in [0.3, 0.4) is 0 Å². The Labute approximate surface area is 99.2 Å². The van der Waals surface area contributed by atoms with Crippen molar-refractivity contribution in [2.75, 3.05) is 13.1 Å². The monoisotopic (exact) mass is 230 g/mol. The molecule has 17 heavy (non-hydrogen) atoms. The van der Waals surface area contributed by atoms with Gasteiger partial charge in [-0.25, -0.2) is 0 Å². The molecule has 0 saturated carbocycles. The van der Waals surface area contributed by atoms with Gasteiger partial charge in [0.25, 0.3) is 0 Å². The van der Waals surface area contributed by atoms with E-state index in [1.54, 1.807) is 6.20 Å². The first-order valence-electron chi connectivity index (χ1n) is 5.73. The predicted molar refractivity (Wildman–Crippen MR) is 65.0 cm³/mol. The van der Waals surface area contributed by atoms with Gasteiger partial charge >= 0.3 is 0 Å². The third kappa shape index (κ3) is 2.09. The Morgan fingerprint density at radius 3 is 3.00 bits per heavy atom. The normalized spacial score (nSPS) is 24.1. The number of benzene rings is 1. The second-order valence-corrected chi connectivity index (χ2v) is 4.25. The van der Waals surface area contributed by atoms with E-state index in [1.807, 2.05) is 30.3 Å². The fourth-order valence-electron chi connectivity index (χ4n) is 2.05. The Balaban J connectivity index is 1.85. The van der Waals surface area contributed by atoms with Crippen molar-refractivity contribution in [3.8, 4) is 5.75 Å². The average molecular weight is 230 g/mol. The molecule has 2 heterocycles. The first-order valence-corrected chi connectivity index (χ1v) is 5.73. The second kappa shape index (κ2) is 4.31. The third-order valence-corrected chi connectivity index (χ3v) is 2.98. The van der Waals surface area contributed by atoms with Crippen LogP contribution in [0, 0.1) is 0 Å². The first kappa shape index (κ1) is 10.5. The van der Waals surface area contributed by atoms with Gasteiger partial charge in [-0.15, -0.1) is 0 Å². The molecule has 0 spiro atoms. The van der Waals surface area contributed by atoms with Crippen molar-refractivity contribution < 1.29 is 9.84 Å². The summed E-state index contributed by atoms with van der Waals surface area (Å²) in [6.07, 6.45) is 1.08. The molecular formula is C13H14N2O2. The maximum absolute atomic E-state index is 9.66. The summed E-state index contributed by atoms with van der Waals surface area (Å²) in [5.74, 6) is 0.705. The maximum Gasteiger partial charge on any atom is 0.138 e. The van der Waals surface area contributed by atoms with Gasteiger partial charge in [0, 0.05) is 18.5 Å². The minimum atomic E-state index is -0.443. The fourth-order valence-corrected chi connectivity index (χ4v) is 2.05. The predicted octanol–water partition coefficient (Wildman–Crippen LogP) is 0.946. The highest BCUT2D eigenvalue weighted by Crippen LogP contribution is 2.20. The molecule has 0 amide bonds. The van der Waals surface area contributed by atoms with E-state index in [9.17, 15) is 5.11 Å². The van der Waals surface area contributed by atoms with Gasteiger partial charge in [0.1, 0.15) is 18.0 Å². The number of hydrogen-bond donors (Lipinski definition) is 2. The van der Waals surface area contributed by atoms with Crippen LogP contribution in [0.5, 0.6) is 5.75 Å². The van der Waals surface area contributed by atoms with Crippen LogP contribution in [0.2, 0.25) is 0 Å². The number of hydrogen-bond acceptors (Lipinski definition) is 4. The zero-order valence-electron chi connectivity index (χ0n) is 9.34. The number of pyridine rings is 1. The Hall–Kier alpha value is -1.65. The molecule has 0 bridgehead atoms. The van der Waals surface area contributed by atoms with Crippen LogP contribution in [0.25, 0.3) is 10.9 Å². The van der Waals surface area contributed by atoms with Gasteiger partial charge in [-0.05, 0) is 12.1 Å². The summed E-state index contributed by atoms with van der Waals surface area (Å²) in [7, 11) is 0. The van der Waals surface area contributed by atoms with Crippen LogP contribution in [-0.4, -0.2) is 35.4 Å². The largest absolute Gasteiger partial charge is 0.485 e. The summed E-state index contributed by atoms with van der Waals surface area (Å²) < 4.78 is 5.72. The maximum atomic E-state index is 9.66. The molecule has 88 valence electrons. The number of aromatic nitrogens is 1. The Bertz CT molecular complexity index is 530. The van der Waals surface area contributed by atoms with Crippen molar-refractivity contribution in [1.29, 1.82) is 0 Å². The number of fused-ring (bicyclic) bond motifs is 1. The van der Waals surface area contributed by atoms with E-state index >= 15 is 0 Å². The summed E-state index contributed by atoms with van der Waals surface area (Å²) in [5, 5.41) is 13.8. The lowest BCUT2D eigenvalue weighted by atomic mass is 10.2. The second-order valence-electron chi connectivity index (χ2n) is 4.25. The molecule has 2 aromatic rings. The van der Waals surface area contributed by atoms with Gasteiger partial charge in [0.2, 0.25) is 0 Å². The number of rotatable bonds is 2. The number of nitrogens with zero attached hydrogens (tertiary/aromatic N) is 1. The van der Waals surface area contributed by atoms with Gasteiger partial charge in [-0.3, -0.25) is 4.98 Å².